The molecule has 9 nitrogen and oxygen atoms in total. The number of piperazine rings is 1. The first-order chi connectivity index (χ1) is 16.3. The van der Waals surface area contributed by atoms with Gasteiger partial charge in [0.1, 0.15) is 23.4 Å². The van der Waals surface area contributed by atoms with E-state index < -0.39 is 0 Å². The third kappa shape index (κ3) is 3.79. The fourth-order valence-electron chi connectivity index (χ4n) is 4.46. The van der Waals surface area contributed by atoms with Gasteiger partial charge in [-0.2, -0.15) is 0 Å². The van der Waals surface area contributed by atoms with Crippen molar-refractivity contribution < 1.29 is 19.1 Å². The number of furan rings is 1. The number of nitrogens with zero attached hydrogens (tertiary/aromatic N) is 5. The van der Waals surface area contributed by atoms with Crippen molar-refractivity contribution in [3.63, 3.8) is 0 Å². The van der Waals surface area contributed by atoms with Crippen molar-refractivity contribution >= 4 is 22.8 Å². The summed E-state index contributed by atoms with van der Waals surface area (Å²) in [4.78, 5) is 34.1. The molecule has 3 heterocycles. The van der Waals surface area contributed by atoms with E-state index in [9.17, 15) is 14.7 Å². The van der Waals surface area contributed by atoms with Crippen LogP contribution in [0.15, 0.2) is 53.2 Å². The Bertz CT molecular complexity index is 1410. The van der Waals surface area contributed by atoms with E-state index in [4.69, 9.17) is 4.42 Å². The zero-order valence-corrected chi connectivity index (χ0v) is 19.2. The minimum Gasteiger partial charge on any atom is -0.508 e. The maximum absolute atomic E-state index is 13.4. The number of fused-ring (bicyclic) bond motifs is 1. The normalized spacial score (nSPS) is 16.3. The van der Waals surface area contributed by atoms with Crippen LogP contribution in [0.3, 0.4) is 0 Å². The second-order valence-corrected chi connectivity index (χ2v) is 8.66. The van der Waals surface area contributed by atoms with E-state index in [0.717, 1.165) is 11.3 Å². The molecule has 0 saturated carbocycles. The molecule has 1 fully saturated rings. The average molecular weight is 460 g/mol. The van der Waals surface area contributed by atoms with Crippen molar-refractivity contribution in [2.45, 2.75) is 26.8 Å². The number of hydrogen-bond donors (Lipinski definition) is 1. The standard InChI is InChI=1S/C25H25N5O4/c1-15-5-4-6-18(11-15)30-14-26-23(27-30)25(33)28-9-10-29(16(2)13-28)24(32)22-17(3)34-21-8-7-19(31)12-20(21)22/h4-8,11-12,14,16,31H,9-10,13H2,1-3H3. The fraction of sp³-hybridized carbons (Fsp3) is 0.280. The van der Waals surface area contributed by atoms with Crippen LogP contribution < -0.4 is 0 Å². The van der Waals surface area contributed by atoms with Gasteiger partial charge in [0.15, 0.2) is 0 Å². The Hall–Kier alpha value is -4.14. The van der Waals surface area contributed by atoms with Gasteiger partial charge in [-0.25, -0.2) is 9.67 Å². The topological polar surface area (TPSA) is 105 Å². The summed E-state index contributed by atoms with van der Waals surface area (Å²) in [5.41, 5.74) is 2.92. The molecule has 4 aromatic rings. The first-order valence-electron chi connectivity index (χ1n) is 11.1. The van der Waals surface area contributed by atoms with Gasteiger partial charge in [-0.15, -0.1) is 5.10 Å². The van der Waals surface area contributed by atoms with Gasteiger partial charge >= 0.3 is 0 Å². The van der Waals surface area contributed by atoms with Crippen LogP contribution in [0.2, 0.25) is 0 Å². The van der Waals surface area contributed by atoms with Gasteiger partial charge in [0.2, 0.25) is 5.82 Å². The van der Waals surface area contributed by atoms with Crippen molar-refractivity contribution in [1.82, 2.24) is 24.6 Å². The second-order valence-electron chi connectivity index (χ2n) is 8.66. The predicted molar refractivity (Wildman–Crippen MR) is 125 cm³/mol. The first kappa shape index (κ1) is 21.7. The molecule has 2 aromatic carbocycles. The SMILES string of the molecule is Cc1cccc(-n2cnc(C(=O)N3CCN(C(=O)c4c(C)oc5ccc(O)cc45)C(C)C3)n2)c1. The highest BCUT2D eigenvalue weighted by molar-refractivity contribution is 6.07. The number of hydrogen-bond acceptors (Lipinski definition) is 6. The lowest BCUT2D eigenvalue weighted by Crippen LogP contribution is -2.55. The Kier molecular flexibility index (Phi) is 5.31. The predicted octanol–water partition coefficient (Wildman–Crippen LogP) is 3.32. The van der Waals surface area contributed by atoms with Crippen LogP contribution in [0, 0.1) is 13.8 Å². The highest BCUT2D eigenvalue weighted by Gasteiger charge is 2.34. The third-order valence-electron chi connectivity index (χ3n) is 6.19. The van der Waals surface area contributed by atoms with Crippen LogP contribution in [0.4, 0.5) is 0 Å². The number of benzene rings is 2. The maximum atomic E-state index is 13.4. The number of phenolic OH excluding ortho intramolecular Hbond substituents is 1. The van der Waals surface area contributed by atoms with E-state index in [-0.39, 0.29) is 29.4 Å². The fourth-order valence-corrected chi connectivity index (χ4v) is 4.46. The summed E-state index contributed by atoms with van der Waals surface area (Å²) in [6.45, 7) is 6.74. The molecule has 1 N–H and O–H groups in total. The summed E-state index contributed by atoms with van der Waals surface area (Å²) in [5.74, 6) is 0.259. The van der Waals surface area contributed by atoms with Crippen molar-refractivity contribution in [1.29, 1.82) is 0 Å². The van der Waals surface area contributed by atoms with Crippen LogP contribution in [0.1, 0.15) is 39.2 Å². The van der Waals surface area contributed by atoms with Crippen LogP contribution in [-0.2, 0) is 0 Å². The van der Waals surface area contributed by atoms with E-state index >= 15 is 0 Å². The molecule has 1 aliphatic rings. The number of phenols is 1. The highest BCUT2D eigenvalue weighted by atomic mass is 16.3. The second kappa shape index (κ2) is 8.33. The first-order valence-corrected chi connectivity index (χ1v) is 11.1. The average Bonchev–Trinajstić information content (AvgIpc) is 3.42. The molecule has 9 heteroatoms. The van der Waals surface area contributed by atoms with E-state index in [0.29, 0.717) is 41.9 Å². The number of rotatable bonds is 3. The van der Waals surface area contributed by atoms with Crippen LogP contribution in [-0.4, -0.2) is 67.2 Å². The van der Waals surface area contributed by atoms with Gasteiger partial charge in [0, 0.05) is 31.1 Å². The van der Waals surface area contributed by atoms with Crippen LogP contribution >= 0.6 is 0 Å². The number of amides is 2. The molecule has 174 valence electrons. The van der Waals surface area contributed by atoms with Crippen LogP contribution in [0.25, 0.3) is 16.7 Å². The Morgan fingerprint density at radius 3 is 2.68 bits per heavy atom. The van der Waals surface area contributed by atoms with Crippen molar-refractivity contribution in [3.05, 3.63) is 71.5 Å². The zero-order valence-electron chi connectivity index (χ0n) is 19.2. The monoisotopic (exact) mass is 459 g/mol. The molecular weight excluding hydrogens is 434 g/mol. The van der Waals surface area contributed by atoms with E-state index in [1.165, 1.54) is 12.4 Å². The van der Waals surface area contributed by atoms with Crippen molar-refractivity contribution in [2.75, 3.05) is 19.6 Å². The molecule has 0 aliphatic carbocycles. The Balaban J connectivity index is 1.32. The van der Waals surface area contributed by atoms with Crippen molar-refractivity contribution in [3.8, 4) is 11.4 Å². The summed E-state index contributed by atoms with van der Waals surface area (Å²) in [5, 5.41) is 14.8. The highest BCUT2D eigenvalue weighted by Crippen LogP contribution is 2.30. The van der Waals surface area contributed by atoms with Gasteiger partial charge in [0.05, 0.1) is 11.3 Å². The number of carbonyl (C=O) groups is 2. The molecule has 1 unspecified atom stereocenters. The van der Waals surface area contributed by atoms with Gasteiger partial charge in [-0.05, 0) is 56.7 Å². The summed E-state index contributed by atoms with van der Waals surface area (Å²) < 4.78 is 7.31. The molecule has 1 atom stereocenters. The molecule has 0 spiro atoms. The minimum absolute atomic E-state index is 0.0726. The number of aryl methyl sites for hydroxylation is 2. The quantitative estimate of drug-likeness (QED) is 0.504. The Morgan fingerprint density at radius 1 is 1.09 bits per heavy atom. The Morgan fingerprint density at radius 2 is 1.91 bits per heavy atom. The largest absolute Gasteiger partial charge is 0.508 e. The molecule has 5 rings (SSSR count). The molecule has 2 amide bonds. The molecule has 1 saturated heterocycles. The van der Waals surface area contributed by atoms with Crippen LogP contribution in [0.5, 0.6) is 5.75 Å². The maximum Gasteiger partial charge on any atom is 0.293 e. The third-order valence-corrected chi connectivity index (χ3v) is 6.19. The lowest BCUT2D eigenvalue weighted by Gasteiger charge is -2.39. The lowest BCUT2D eigenvalue weighted by atomic mass is 10.1. The minimum atomic E-state index is -0.264. The molecule has 0 radical (unpaired) electrons. The molecule has 34 heavy (non-hydrogen) atoms. The smallest absolute Gasteiger partial charge is 0.293 e. The van der Waals surface area contributed by atoms with Crippen molar-refractivity contribution in [2.24, 2.45) is 0 Å². The lowest BCUT2D eigenvalue weighted by molar-refractivity contribution is 0.0408. The summed E-state index contributed by atoms with van der Waals surface area (Å²) in [6, 6.07) is 12.3. The molecule has 1 aliphatic heterocycles. The summed E-state index contributed by atoms with van der Waals surface area (Å²) in [7, 11) is 0. The zero-order chi connectivity index (χ0) is 24.0. The van der Waals surface area contributed by atoms with Gasteiger partial charge < -0.3 is 19.3 Å². The van der Waals surface area contributed by atoms with E-state index in [1.807, 2.05) is 38.1 Å². The van der Waals surface area contributed by atoms with Gasteiger partial charge in [-0.1, -0.05) is 12.1 Å². The van der Waals surface area contributed by atoms with Gasteiger partial charge in [0.25, 0.3) is 11.8 Å². The molecule has 0 bridgehead atoms. The summed E-state index contributed by atoms with van der Waals surface area (Å²) >= 11 is 0. The summed E-state index contributed by atoms with van der Waals surface area (Å²) in [6.07, 6.45) is 1.54. The Labute approximate surface area is 196 Å². The number of carbonyl (C=O) groups excluding carboxylic acids is 2. The molecule has 2 aromatic heterocycles. The van der Waals surface area contributed by atoms with Gasteiger partial charge in [-0.3, -0.25) is 9.59 Å². The number of aromatic nitrogens is 3. The van der Waals surface area contributed by atoms with E-state index in [2.05, 4.69) is 10.1 Å². The van der Waals surface area contributed by atoms with E-state index in [1.54, 1.807) is 33.5 Å². The number of aromatic hydroxyl groups is 1. The molecular formula is C25H25N5O4.